The summed E-state index contributed by atoms with van der Waals surface area (Å²) in [6.07, 6.45) is 1.15. The smallest absolute Gasteiger partial charge is 0.414 e. The zero-order valence-electron chi connectivity index (χ0n) is 13.9. The topological polar surface area (TPSA) is 95.9 Å². The Morgan fingerprint density at radius 2 is 1.83 bits per heavy atom. The predicted molar refractivity (Wildman–Crippen MR) is 92.1 cm³/mol. The first-order chi connectivity index (χ1) is 10.7. The zero-order valence-corrected chi connectivity index (χ0v) is 15.4. The number of carboxylic acids is 2. The van der Waals surface area contributed by atoms with Crippen LogP contribution in [0.2, 0.25) is 0 Å². The Balaban J connectivity index is 0.000000688. The molecule has 1 aromatic rings. The molecule has 1 rings (SSSR count). The van der Waals surface area contributed by atoms with Gasteiger partial charge >= 0.3 is 11.9 Å². The van der Waals surface area contributed by atoms with Gasteiger partial charge in [-0.15, -0.1) is 0 Å². The fourth-order valence-corrected chi connectivity index (χ4v) is 2.48. The van der Waals surface area contributed by atoms with Crippen LogP contribution in [-0.2, 0) is 9.59 Å². The molecule has 0 aliphatic rings. The van der Waals surface area contributed by atoms with E-state index in [9.17, 15) is 0 Å². The quantitative estimate of drug-likeness (QED) is 0.511. The molecular weight excluding hydrogens is 366 g/mol. The molecule has 23 heavy (non-hydrogen) atoms. The van der Waals surface area contributed by atoms with E-state index in [1.165, 1.54) is 11.1 Å². The number of carbonyl (C=O) groups is 2. The largest absolute Gasteiger partial charge is 0.491 e. The Morgan fingerprint density at radius 1 is 1.26 bits per heavy atom. The summed E-state index contributed by atoms with van der Waals surface area (Å²) < 4.78 is 6.85. The van der Waals surface area contributed by atoms with Gasteiger partial charge in [0.15, 0.2) is 0 Å². The lowest BCUT2D eigenvalue weighted by Gasteiger charge is -2.14. The minimum Gasteiger partial charge on any atom is -0.491 e. The van der Waals surface area contributed by atoms with Crippen molar-refractivity contribution in [2.45, 2.75) is 40.2 Å². The normalized spacial score (nSPS) is 11.2. The van der Waals surface area contributed by atoms with Gasteiger partial charge in [0.05, 0.1) is 4.47 Å². The molecule has 1 unspecified atom stereocenters. The predicted octanol–water partition coefficient (Wildman–Crippen LogP) is 2.99. The number of hydrogen-bond donors (Lipinski definition) is 3. The molecule has 0 saturated heterocycles. The van der Waals surface area contributed by atoms with Crippen molar-refractivity contribution in [2.75, 3.05) is 13.2 Å². The molecule has 6 nitrogen and oxygen atoms in total. The highest BCUT2D eigenvalue weighted by Gasteiger charge is 2.06. The zero-order chi connectivity index (χ0) is 18.0. The van der Waals surface area contributed by atoms with Gasteiger partial charge in [-0.1, -0.05) is 13.0 Å². The molecule has 0 aromatic heterocycles. The summed E-state index contributed by atoms with van der Waals surface area (Å²) in [5.41, 5.74) is 2.43. The molecule has 130 valence electrons. The summed E-state index contributed by atoms with van der Waals surface area (Å²) in [6, 6.07) is 4.79. The van der Waals surface area contributed by atoms with Crippen LogP contribution in [0.15, 0.2) is 16.6 Å². The lowest BCUT2D eigenvalue weighted by molar-refractivity contribution is -0.159. The fourth-order valence-electron chi connectivity index (χ4n) is 1.69. The van der Waals surface area contributed by atoms with Gasteiger partial charge in [-0.25, -0.2) is 9.59 Å². The summed E-state index contributed by atoms with van der Waals surface area (Å²) in [5.74, 6) is -2.69. The van der Waals surface area contributed by atoms with Crippen molar-refractivity contribution < 1.29 is 24.5 Å². The Kier molecular flexibility index (Phi) is 10.2. The number of carboxylic acid groups (broad SMARTS) is 2. The number of benzene rings is 1. The van der Waals surface area contributed by atoms with Gasteiger partial charge in [0.1, 0.15) is 12.4 Å². The van der Waals surface area contributed by atoms with Gasteiger partial charge in [-0.2, -0.15) is 0 Å². The highest BCUT2D eigenvalue weighted by atomic mass is 79.9. The van der Waals surface area contributed by atoms with Crippen LogP contribution >= 0.6 is 15.9 Å². The summed E-state index contributed by atoms with van der Waals surface area (Å²) >= 11 is 3.55. The third-order valence-electron chi connectivity index (χ3n) is 3.01. The van der Waals surface area contributed by atoms with Crippen molar-refractivity contribution in [2.24, 2.45) is 0 Å². The van der Waals surface area contributed by atoms with Crippen molar-refractivity contribution in [3.8, 4) is 5.75 Å². The number of halogens is 1. The number of aryl methyl sites for hydroxylation is 2. The number of aliphatic carboxylic acids is 2. The first kappa shape index (κ1) is 21.4. The standard InChI is InChI=1S/C14H22BrNO.C2H2O4/c1-5-12(4)16-6-7-17-14-11(3)8-10(2)9-13(14)15;3-1(4)2(5)6/h8-9,12,16H,5-7H2,1-4H3;(H,3,4)(H,5,6). The van der Waals surface area contributed by atoms with Crippen LogP contribution in [0.1, 0.15) is 31.4 Å². The third kappa shape index (κ3) is 9.20. The Hall–Kier alpha value is -1.60. The van der Waals surface area contributed by atoms with E-state index in [-0.39, 0.29) is 0 Å². The molecule has 0 saturated carbocycles. The molecule has 1 aromatic carbocycles. The van der Waals surface area contributed by atoms with Crippen molar-refractivity contribution >= 4 is 27.9 Å². The molecule has 0 radical (unpaired) electrons. The first-order valence-corrected chi connectivity index (χ1v) is 8.07. The fraction of sp³-hybridized carbons (Fsp3) is 0.500. The van der Waals surface area contributed by atoms with Crippen molar-refractivity contribution in [1.29, 1.82) is 0 Å². The average molecular weight is 390 g/mol. The molecule has 1 atom stereocenters. The molecule has 0 bridgehead atoms. The van der Waals surface area contributed by atoms with E-state index < -0.39 is 11.9 Å². The number of nitrogens with one attached hydrogen (secondary N) is 1. The summed E-state index contributed by atoms with van der Waals surface area (Å²) in [5, 5.41) is 18.2. The highest BCUT2D eigenvalue weighted by Crippen LogP contribution is 2.29. The van der Waals surface area contributed by atoms with Gasteiger partial charge in [-0.05, 0) is 60.3 Å². The number of rotatable bonds is 6. The minimum atomic E-state index is -1.82. The average Bonchev–Trinajstić information content (AvgIpc) is 2.45. The van der Waals surface area contributed by atoms with Gasteiger partial charge < -0.3 is 20.3 Å². The molecule has 0 fully saturated rings. The summed E-state index contributed by atoms with van der Waals surface area (Å²) in [6.45, 7) is 10.1. The Morgan fingerprint density at radius 3 is 2.26 bits per heavy atom. The van der Waals surface area contributed by atoms with Crippen LogP contribution < -0.4 is 10.1 Å². The van der Waals surface area contributed by atoms with Crippen LogP contribution in [0, 0.1) is 13.8 Å². The summed E-state index contributed by atoms with van der Waals surface area (Å²) in [7, 11) is 0. The summed E-state index contributed by atoms with van der Waals surface area (Å²) in [4.78, 5) is 18.2. The number of hydrogen-bond acceptors (Lipinski definition) is 4. The molecule has 3 N–H and O–H groups in total. The van der Waals surface area contributed by atoms with E-state index in [4.69, 9.17) is 24.5 Å². The van der Waals surface area contributed by atoms with Crippen LogP contribution in [0.5, 0.6) is 5.75 Å². The maximum absolute atomic E-state index is 9.10. The van der Waals surface area contributed by atoms with E-state index >= 15 is 0 Å². The van der Waals surface area contributed by atoms with Gasteiger partial charge in [0.25, 0.3) is 0 Å². The van der Waals surface area contributed by atoms with E-state index in [0.717, 1.165) is 23.2 Å². The maximum atomic E-state index is 9.10. The molecular formula is C16H24BrNO5. The van der Waals surface area contributed by atoms with Gasteiger partial charge in [-0.3, -0.25) is 0 Å². The monoisotopic (exact) mass is 389 g/mol. The minimum absolute atomic E-state index is 0.557. The van der Waals surface area contributed by atoms with Crippen LogP contribution in [-0.4, -0.2) is 41.3 Å². The van der Waals surface area contributed by atoms with Crippen LogP contribution in [0.3, 0.4) is 0 Å². The van der Waals surface area contributed by atoms with Crippen LogP contribution in [0.4, 0.5) is 0 Å². The van der Waals surface area contributed by atoms with Crippen molar-refractivity contribution in [3.63, 3.8) is 0 Å². The Labute approximate surface area is 145 Å². The third-order valence-corrected chi connectivity index (χ3v) is 3.60. The molecule has 0 heterocycles. The highest BCUT2D eigenvalue weighted by molar-refractivity contribution is 9.10. The molecule has 7 heteroatoms. The van der Waals surface area contributed by atoms with E-state index in [0.29, 0.717) is 12.6 Å². The first-order valence-electron chi connectivity index (χ1n) is 7.28. The van der Waals surface area contributed by atoms with Crippen molar-refractivity contribution in [1.82, 2.24) is 5.32 Å². The Bertz CT molecular complexity index is 498. The number of ether oxygens (including phenoxy) is 1. The van der Waals surface area contributed by atoms with E-state index in [2.05, 4.69) is 61.1 Å². The molecule has 0 spiro atoms. The SMILES string of the molecule is CCC(C)NCCOc1c(C)cc(C)cc1Br.O=C(O)C(=O)O. The lowest BCUT2D eigenvalue weighted by atomic mass is 10.1. The second-order valence-corrected chi connectivity index (χ2v) is 5.97. The van der Waals surface area contributed by atoms with Crippen LogP contribution in [0.25, 0.3) is 0 Å². The molecule has 0 amide bonds. The van der Waals surface area contributed by atoms with E-state index in [1.807, 2.05) is 0 Å². The second-order valence-electron chi connectivity index (χ2n) is 5.11. The van der Waals surface area contributed by atoms with Gasteiger partial charge in [0, 0.05) is 12.6 Å². The second kappa shape index (κ2) is 11.0. The lowest BCUT2D eigenvalue weighted by Crippen LogP contribution is -2.29. The molecule has 0 aliphatic carbocycles. The van der Waals surface area contributed by atoms with E-state index in [1.54, 1.807) is 0 Å². The molecule has 0 aliphatic heterocycles. The van der Waals surface area contributed by atoms with Gasteiger partial charge in [0.2, 0.25) is 0 Å². The maximum Gasteiger partial charge on any atom is 0.414 e. The van der Waals surface area contributed by atoms with Crippen molar-refractivity contribution in [3.05, 3.63) is 27.7 Å².